The lowest BCUT2D eigenvalue weighted by Crippen LogP contribution is -2.40. The van der Waals surface area contributed by atoms with Crippen LogP contribution in [0.1, 0.15) is 71.7 Å². The topological polar surface area (TPSA) is 121 Å². The molecule has 4 aromatic rings. The first-order chi connectivity index (χ1) is 21.9. The quantitative estimate of drug-likeness (QED) is 0.229. The van der Waals surface area contributed by atoms with Gasteiger partial charge in [-0.3, -0.25) is 14.3 Å². The Kier molecular flexibility index (Phi) is 6.98. The fraction of sp³-hybridized carbons (Fsp3) is 0.394. The molecule has 3 N–H and O–H groups in total. The van der Waals surface area contributed by atoms with Crippen LogP contribution < -0.4 is 20.5 Å². The molecule has 9 nitrogen and oxygen atoms in total. The van der Waals surface area contributed by atoms with E-state index in [9.17, 15) is 27.2 Å². The fourth-order valence-corrected chi connectivity index (χ4v) is 6.13. The van der Waals surface area contributed by atoms with E-state index in [-0.39, 0.29) is 47.9 Å². The molecule has 2 saturated carbocycles. The van der Waals surface area contributed by atoms with Crippen LogP contribution in [0.4, 0.5) is 17.6 Å². The van der Waals surface area contributed by atoms with E-state index in [1.54, 1.807) is 25.1 Å². The highest BCUT2D eigenvalue weighted by Crippen LogP contribution is 2.49. The van der Waals surface area contributed by atoms with Crippen LogP contribution in [0.25, 0.3) is 22.2 Å². The number of rotatable bonds is 9. The number of ether oxygens (including phenoxy) is 2. The van der Waals surface area contributed by atoms with E-state index >= 15 is 0 Å². The maximum absolute atomic E-state index is 14.5. The fourth-order valence-electron chi connectivity index (χ4n) is 6.13. The number of nitrogens with one attached hydrogen (secondary N) is 1. The molecule has 0 bridgehead atoms. The SMILES string of the molecule is COc1cc(C(=O)NC[C@H](c2cc3c(c(-c4cc(F)cc(C(F)(F)F)c4)n2)OC[C@]3(C)C(N)=O)C2CC2)cc2cn(C3CC3)nc12. The predicted molar refractivity (Wildman–Crippen MR) is 159 cm³/mol. The van der Waals surface area contributed by atoms with E-state index in [4.69, 9.17) is 20.2 Å². The summed E-state index contributed by atoms with van der Waals surface area (Å²) in [6, 6.07) is 7.60. The van der Waals surface area contributed by atoms with Crippen LogP contribution in [0, 0.1) is 11.7 Å². The van der Waals surface area contributed by atoms with Crippen LogP contribution in [-0.2, 0) is 16.4 Å². The molecule has 0 spiro atoms. The zero-order valence-electron chi connectivity index (χ0n) is 25.1. The van der Waals surface area contributed by atoms with Crippen molar-refractivity contribution in [2.24, 2.45) is 11.7 Å². The minimum absolute atomic E-state index is 0.0256. The summed E-state index contributed by atoms with van der Waals surface area (Å²) in [5, 5.41) is 8.39. The van der Waals surface area contributed by atoms with Gasteiger partial charge in [-0.05, 0) is 74.9 Å². The molecule has 46 heavy (non-hydrogen) atoms. The van der Waals surface area contributed by atoms with Crippen molar-refractivity contribution in [3.63, 3.8) is 0 Å². The van der Waals surface area contributed by atoms with Crippen molar-refractivity contribution in [2.75, 3.05) is 20.3 Å². The summed E-state index contributed by atoms with van der Waals surface area (Å²) >= 11 is 0. The number of carbonyl (C=O) groups is 2. The smallest absolute Gasteiger partial charge is 0.416 e. The van der Waals surface area contributed by atoms with Crippen molar-refractivity contribution in [1.82, 2.24) is 20.1 Å². The minimum atomic E-state index is -4.80. The number of nitrogens with zero attached hydrogens (tertiary/aromatic N) is 3. The molecule has 240 valence electrons. The Balaban J connectivity index is 1.25. The molecule has 2 amide bonds. The van der Waals surface area contributed by atoms with Gasteiger partial charge in [0.15, 0.2) is 0 Å². The first-order valence-electron chi connectivity index (χ1n) is 15.1. The van der Waals surface area contributed by atoms with Gasteiger partial charge in [0.05, 0.1) is 18.7 Å². The highest BCUT2D eigenvalue weighted by molar-refractivity contribution is 6.00. The number of pyridine rings is 1. The zero-order valence-corrected chi connectivity index (χ0v) is 25.1. The molecular weight excluding hydrogens is 606 g/mol. The Morgan fingerprint density at radius 3 is 2.57 bits per heavy atom. The van der Waals surface area contributed by atoms with Crippen LogP contribution in [0.5, 0.6) is 11.5 Å². The number of methoxy groups -OCH3 is 1. The number of nitrogens with two attached hydrogens (primary N) is 1. The third-order valence-electron chi connectivity index (χ3n) is 9.18. The third kappa shape index (κ3) is 5.31. The number of hydrogen-bond acceptors (Lipinski definition) is 6. The molecule has 2 aromatic carbocycles. The normalized spacial score (nSPS) is 19.9. The molecule has 2 aromatic heterocycles. The number of primary amides is 1. The average Bonchev–Trinajstić information content (AvgIpc) is 3.95. The van der Waals surface area contributed by atoms with Gasteiger partial charge in [0.1, 0.15) is 40.5 Å². The van der Waals surface area contributed by atoms with Crippen LogP contribution >= 0.6 is 0 Å². The number of carbonyl (C=O) groups excluding carboxylic acids is 2. The van der Waals surface area contributed by atoms with Crippen LogP contribution in [0.2, 0.25) is 0 Å². The third-order valence-corrected chi connectivity index (χ3v) is 9.18. The van der Waals surface area contributed by atoms with E-state index < -0.39 is 28.9 Å². The molecule has 0 saturated heterocycles. The molecule has 0 radical (unpaired) electrons. The van der Waals surface area contributed by atoms with Gasteiger partial charge in [-0.25, -0.2) is 9.37 Å². The van der Waals surface area contributed by atoms with Crippen molar-refractivity contribution in [3.05, 3.63) is 70.8 Å². The lowest BCUT2D eigenvalue weighted by molar-refractivity contribution is -0.137. The molecule has 7 rings (SSSR count). The second-order valence-electron chi connectivity index (χ2n) is 12.6. The van der Waals surface area contributed by atoms with Gasteiger partial charge in [-0.15, -0.1) is 0 Å². The van der Waals surface area contributed by atoms with E-state index in [0.717, 1.165) is 43.2 Å². The minimum Gasteiger partial charge on any atom is -0.494 e. The molecule has 1 aliphatic heterocycles. The van der Waals surface area contributed by atoms with Gasteiger partial charge < -0.3 is 20.5 Å². The summed E-state index contributed by atoms with van der Waals surface area (Å²) in [6.07, 6.45) is 0.899. The molecule has 2 fully saturated rings. The van der Waals surface area contributed by atoms with Gasteiger partial charge in [-0.2, -0.15) is 18.3 Å². The Hall–Kier alpha value is -4.68. The molecule has 2 aliphatic carbocycles. The van der Waals surface area contributed by atoms with Crippen molar-refractivity contribution in [1.29, 1.82) is 0 Å². The highest BCUT2D eigenvalue weighted by atomic mass is 19.4. The van der Waals surface area contributed by atoms with Gasteiger partial charge >= 0.3 is 6.18 Å². The zero-order chi connectivity index (χ0) is 32.5. The van der Waals surface area contributed by atoms with Gasteiger partial charge in [-0.1, -0.05) is 0 Å². The van der Waals surface area contributed by atoms with Crippen molar-refractivity contribution in [3.8, 4) is 22.8 Å². The Labute approximate surface area is 261 Å². The number of alkyl halides is 3. The summed E-state index contributed by atoms with van der Waals surface area (Å²) in [7, 11) is 1.52. The summed E-state index contributed by atoms with van der Waals surface area (Å²) in [5.74, 6) is -1.81. The van der Waals surface area contributed by atoms with Gasteiger partial charge in [0.2, 0.25) is 5.91 Å². The number of halogens is 4. The van der Waals surface area contributed by atoms with E-state index in [0.29, 0.717) is 40.2 Å². The van der Waals surface area contributed by atoms with Gasteiger partial charge in [0, 0.05) is 46.4 Å². The summed E-state index contributed by atoms with van der Waals surface area (Å²) in [4.78, 5) is 30.8. The monoisotopic (exact) mass is 637 g/mol. The highest BCUT2D eigenvalue weighted by Gasteiger charge is 2.45. The maximum atomic E-state index is 14.5. The number of benzene rings is 2. The second-order valence-corrected chi connectivity index (χ2v) is 12.6. The summed E-state index contributed by atoms with van der Waals surface area (Å²) < 4.78 is 68.7. The van der Waals surface area contributed by atoms with Gasteiger partial charge in [0.25, 0.3) is 5.91 Å². The van der Waals surface area contributed by atoms with Crippen LogP contribution in [0.3, 0.4) is 0 Å². The maximum Gasteiger partial charge on any atom is 0.416 e. The van der Waals surface area contributed by atoms with Crippen molar-refractivity contribution in [2.45, 2.75) is 56.2 Å². The lowest BCUT2D eigenvalue weighted by Gasteiger charge is -2.22. The summed E-state index contributed by atoms with van der Waals surface area (Å²) in [5.41, 5.74) is 4.96. The number of aromatic nitrogens is 3. The number of amides is 2. The van der Waals surface area contributed by atoms with E-state index in [2.05, 4.69) is 10.4 Å². The first kappa shape index (κ1) is 30.0. The predicted octanol–water partition coefficient (Wildman–Crippen LogP) is 5.66. The van der Waals surface area contributed by atoms with Crippen LogP contribution in [0.15, 0.2) is 42.6 Å². The standard InChI is InChI=1S/C33H31F4N5O4/c1-32(31(38)44)15-46-29-24(32)12-25(40-28(29)17-8-20(33(35,36)37)11-21(34)9-17)23(16-3-4-16)13-39-30(43)18-7-19-14-42(22-5-6-22)41-27(19)26(10-18)45-2/h7-12,14,16,22-23H,3-6,13,15H2,1-2H3,(H2,38,44)(H,39,43)/t23-,32-/m0/s1. The Morgan fingerprint density at radius 1 is 1.15 bits per heavy atom. The average molecular weight is 638 g/mol. The van der Waals surface area contributed by atoms with Crippen molar-refractivity contribution >= 4 is 22.7 Å². The second kappa shape index (κ2) is 10.7. The van der Waals surface area contributed by atoms with E-state index in [1.165, 1.54) is 7.11 Å². The Morgan fingerprint density at radius 2 is 1.91 bits per heavy atom. The molecule has 13 heteroatoms. The van der Waals surface area contributed by atoms with E-state index in [1.807, 2.05) is 10.9 Å². The number of hydrogen-bond donors (Lipinski definition) is 2. The largest absolute Gasteiger partial charge is 0.494 e. The number of fused-ring (bicyclic) bond motifs is 2. The molecule has 2 atom stereocenters. The first-order valence-corrected chi connectivity index (χ1v) is 15.1. The molecule has 0 unspecified atom stereocenters. The van der Waals surface area contributed by atoms with Crippen molar-refractivity contribution < 1.29 is 36.6 Å². The molecule has 3 aliphatic rings. The molecule has 3 heterocycles. The Bertz CT molecular complexity index is 1900. The molecular formula is C33H31F4N5O4. The summed E-state index contributed by atoms with van der Waals surface area (Å²) in [6.45, 7) is 1.59. The lowest BCUT2D eigenvalue weighted by atomic mass is 9.82. The van der Waals surface area contributed by atoms with Crippen LogP contribution in [-0.4, -0.2) is 46.8 Å².